The molecule has 8 heteroatoms. The molecule has 1 amide bonds. The Labute approximate surface area is 158 Å². The predicted octanol–water partition coefficient (Wildman–Crippen LogP) is 3.60. The summed E-state index contributed by atoms with van der Waals surface area (Å²) >= 11 is 6.14. The average molecular weight is 385 g/mol. The van der Waals surface area contributed by atoms with Gasteiger partial charge in [-0.25, -0.2) is 9.59 Å². The summed E-state index contributed by atoms with van der Waals surface area (Å²) in [7, 11) is 0. The summed E-state index contributed by atoms with van der Waals surface area (Å²) in [5.41, 5.74) is 0.167. The van der Waals surface area contributed by atoms with Crippen molar-refractivity contribution in [2.75, 3.05) is 13.2 Å². The Morgan fingerprint density at radius 1 is 1.50 bits per heavy atom. The number of carbonyl (C=O) groups is 2. The van der Waals surface area contributed by atoms with Gasteiger partial charge < -0.3 is 19.9 Å². The molecule has 26 heavy (non-hydrogen) atoms. The van der Waals surface area contributed by atoms with Gasteiger partial charge in [-0.1, -0.05) is 18.5 Å². The van der Waals surface area contributed by atoms with E-state index in [-0.39, 0.29) is 17.2 Å². The standard InChI is InChI=1S/C18H25ClN2O5/c1-5-13-12(19)8-11(16(22)23)15(20-13)14(10-6-7-25-9-10)21-17(24)26-18(2,3)4/h8,10,14H,5-7,9H2,1-4H3,(H,21,24)(H,22,23). The Hall–Kier alpha value is -1.86. The quantitative estimate of drug-likeness (QED) is 0.804. The number of aromatic carboxylic acids is 1. The topological polar surface area (TPSA) is 97.8 Å². The zero-order valence-corrected chi connectivity index (χ0v) is 16.2. The number of carboxylic acids is 1. The monoisotopic (exact) mass is 384 g/mol. The van der Waals surface area contributed by atoms with Crippen LogP contribution in [0.1, 0.15) is 61.9 Å². The normalized spacial score (nSPS) is 18.4. The lowest BCUT2D eigenvalue weighted by Crippen LogP contribution is -2.39. The molecule has 7 nitrogen and oxygen atoms in total. The van der Waals surface area contributed by atoms with E-state index in [1.54, 1.807) is 20.8 Å². The SMILES string of the molecule is CCc1nc(C(NC(=O)OC(C)(C)C)C2CCOC2)c(C(=O)O)cc1Cl. The molecule has 144 valence electrons. The lowest BCUT2D eigenvalue weighted by atomic mass is 9.92. The second-order valence-corrected chi connectivity index (χ2v) is 7.66. The number of carbonyl (C=O) groups excluding carboxylic acids is 1. The number of hydrogen-bond donors (Lipinski definition) is 2. The number of ether oxygens (including phenoxy) is 2. The molecule has 2 N–H and O–H groups in total. The van der Waals surface area contributed by atoms with Crippen molar-refractivity contribution >= 4 is 23.7 Å². The van der Waals surface area contributed by atoms with Crippen molar-refractivity contribution in [3.63, 3.8) is 0 Å². The summed E-state index contributed by atoms with van der Waals surface area (Å²) in [5, 5.41) is 12.7. The number of amides is 1. The molecule has 0 spiro atoms. The highest BCUT2D eigenvalue weighted by atomic mass is 35.5. The fraction of sp³-hybridized carbons (Fsp3) is 0.611. The van der Waals surface area contributed by atoms with E-state index in [1.807, 2.05) is 6.92 Å². The zero-order chi connectivity index (χ0) is 19.5. The first-order valence-electron chi connectivity index (χ1n) is 8.62. The number of rotatable bonds is 5. The van der Waals surface area contributed by atoms with Crippen molar-refractivity contribution in [1.82, 2.24) is 10.3 Å². The highest BCUT2D eigenvalue weighted by Crippen LogP contribution is 2.32. The molecule has 0 bridgehead atoms. The van der Waals surface area contributed by atoms with Crippen molar-refractivity contribution in [1.29, 1.82) is 0 Å². The second-order valence-electron chi connectivity index (χ2n) is 7.26. The van der Waals surface area contributed by atoms with Crippen molar-refractivity contribution in [2.24, 2.45) is 5.92 Å². The molecule has 1 fully saturated rings. The molecule has 1 aromatic heterocycles. The number of pyridine rings is 1. The van der Waals surface area contributed by atoms with E-state index in [0.29, 0.717) is 36.8 Å². The van der Waals surface area contributed by atoms with Gasteiger partial charge >= 0.3 is 12.1 Å². The Balaban J connectivity index is 2.44. The Morgan fingerprint density at radius 2 is 2.19 bits per heavy atom. The van der Waals surface area contributed by atoms with Gasteiger partial charge in [0.15, 0.2) is 0 Å². The van der Waals surface area contributed by atoms with Crippen LogP contribution in [-0.2, 0) is 15.9 Å². The molecule has 1 aliphatic heterocycles. The first kappa shape index (κ1) is 20.5. The minimum atomic E-state index is -1.15. The van der Waals surface area contributed by atoms with Gasteiger partial charge in [0, 0.05) is 12.5 Å². The highest BCUT2D eigenvalue weighted by Gasteiger charge is 2.34. The van der Waals surface area contributed by atoms with Gasteiger partial charge in [-0.15, -0.1) is 0 Å². The van der Waals surface area contributed by atoms with E-state index in [9.17, 15) is 14.7 Å². The summed E-state index contributed by atoms with van der Waals surface area (Å²) in [6, 6.07) is 0.756. The molecule has 0 aliphatic carbocycles. The van der Waals surface area contributed by atoms with Crippen LogP contribution in [-0.4, -0.2) is 41.0 Å². The van der Waals surface area contributed by atoms with Gasteiger partial charge in [0.25, 0.3) is 0 Å². The van der Waals surface area contributed by atoms with Crippen molar-refractivity contribution in [3.8, 4) is 0 Å². The van der Waals surface area contributed by atoms with Crippen LogP contribution in [0.4, 0.5) is 4.79 Å². The number of aromatic nitrogens is 1. The first-order chi connectivity index (χ1) is 12.1. The molecule has 0 radical (unpaired) electrons. The number of nitrogens with one attached hydrogen (secondary N) is 1. The fourth-order valence-electron chi connectivity index (χ4n) is 2.86. The molecule has 1 saturated heterocycles. The lowest BCUT2D eigenvalue weighted by Gasteiger charge is -2.27. The molecular weight excluding hydrogens is 360 g/mol. The van der Waals surface area contributed by atoms with E-state index in [1.165, 1.54) is 6.07 Å². The minimum absolute atomic E-state index is 0.0276. The van der Waals surface area contributed by atoms with E-state index < -0.39 is 23.7 Å². The molecule has 2 atom stereocenters. The number of aryl methyl sites for hydroxylation is 1. The van der Waals surface area contributed by atoms with Crippen LogP contribution >= 0.6 is 11.6 Å². The molecule has 1 aromatic rings. The Kier molecular flexibility index (Phi) is 6.47. The molecule has 1 aliphatic rings. The smallest absolute Gasteiger partial charge is 0.408 e. The van der Waals surface area contributed by atoms with E-state index in [4.69, 9.17) is 21.1 Å². The lowest BCUT2D eigenvalue weighted by molar-refractivity contribution is 0.0475. The largest absolute Gasteiger partial charge is 0.478 e. The summed E-state index contributed by atoms with van der Waals surface area (Å²) in [6.07, 6.45) is 0.609. The van der Waals surface area contributed by atoms with Crippen LogP contribution in [0, 0.1) is 5.92 Å². The minimum Gasteiger partial charge on any atom is -0.478 e. The third-order valence-electron chi connectivity index (χ3n) is 4.05. The van der Waals surface area contributed by atoms with Crippen LogP contribution in [0.5, 0.6) is 0 Å². The van der Waals surface area contributed by atoms with Gasteiger partial charge in [-0.3, -0.25) is 4.98 Å². The van der Waals surface area contributed by atoms with Gasteiger partial charge in [0.1, 0.15) is 5.60 Å². The number of carboxylic acid groups (broad SMARTS) is 1. The van der Waals surface area contributed by atoms with Crippen LogP contribution in [0.2, 0.25) is 5.02 Å². The maximum absolute atomic E-state index is 12.3. The molecule has 0 saturated carbocycles. The molecule has 2 heterocycles. The van der Waals surface area contributed by atoms with Crippen LogP contribution < -0.4 is 5.32 Å². The van der Waals surface area contributed by atoms with Crippen molar-refractivity contribution in [3.05, 3.63) is 28.0 Å². The summed E-state index contributed by atoms with van der Waals surface area (Å²) in [5.74, 6) is -1.24. The Bertz CT molecular complexity index is 681. The summed E-state index contributed by atoms with van der Waals surface area (Å²) < 4.78 is 10.8. The number of alkyl carbamates (subject to hydrolysis) is 1. The third kappa shape index (κ3) is 5.08. The maximum Gasteiger partial charge on any atom is 0.408 e. The van der Waals surface area contributed by atoms with Gasteiger partial charge in [0.05, 0.1) is 34.6 Å². The van der Waals surface area contributed by atoms with Gasteiger partial charge in [-0.05, 0) is 39.7 Å². The number of halogens is 1. The predicted molar refractivity (Wildman–Crippen MR) is 96.6 cm³/mol. The third-order valence-corrected chi connectivity index (χ3v) is 4.37. The fourth-order valence-corrected chi connectivity index (χ4v) is 3.14. The first-order valence-corrected chi connectivity index (χ1v) is 9.00. The molecule has 2 rings (SSSR count). The zero-order valence-electron chi connectivity index (χ0n) is 15.5. The highest BCUT2D eigenvalue weighted by molar-refractivity contribution is 6.31. The van der Waals surface area contributed by atoms with Crippen molar-refractivity contribution in [2.45, 2.75) is 52.2 Å². The average Bonchev–Trinajstić information content (AvgIpc) is 3.05. The van der Waals surface area contributed by atoms with Gasteiger partial charge in [0.2, 0.25) is 0 Å². The molecule has 0 aromatic carbocycles. The van der Waals surface area contributed by atoms with Gasteiger partial charge in [-0.2, -0.15) is 0 Å². The number of hydrogen-bond acceptors (Lipinski definition) is 5. The summed E-state index contributed by atoms with van der Waals surface area (Å²) in [6.45, 7) is 8.13. The van der Waals surface area contributed by atoms with Crippen LogP contribution in [0.3, 0.4) is 0 Å². The molecule has 2 unspecified atom stereocenters. The van der Waals surface area contributed by atoms with Crippen LogP contribution in [0.25, 0.3) is 0 Å². The summed E-state index contributed by atoms with van der Waals surface area (Å²) in [4.78, 5) is 28.5. The maximum atomic E-state index is 12.3. The van der Waals surface area contributed by atoms with E-state index in [0.717, 1.165) is 0 Å². The van der Waals surface area contributed by atoms with Crippen LogP contribution in [0.15, 0.2) is 6.07 Å². The van der Waals surface area contributed by atoms with Crippen molar-refractivity contribution < 1.29 is 24.2 Å². The van der Waals surface area contributed by atoms with E-state index >= 15 is 0 Å². The molecular formula is C18H25ClN2O5. The Morgan fingerprint density at radius 3 is 2.69 bits per heavy atom. The number of nitrogens with zero attached hydrogens (tertiary/aromatic N) is 1. The van der Waals surface area contributed by atoms with E-state index in [2.05, 4.69) is 10.3 Å². The second kappa shape index (κ2) is 8.22.